The molecule has 0 saturated carbocycles. The molecule has 0 aliphatic carbocycles. The van der Waals surface area contributed by atoms with E-state index in [1.165, 1.54) is 5.56 Å². The van der Waals surface area contributed by atoms with E-state index in [-0.39, 0.29) is 12.0 Å². The number of hydrogen-bond acceptors (Lipinski definition) is 2. The van der Waals surface area contributed by atoms with Gasteiger partial charge in [-0.2, -0.15) is 0 Å². The van der Waals surface area contributed by atoms with Crippen molar-refractivity contribution in [3.63, 3.8) is 0 Å². The number of hydrogen-bond donors (Lipinski definition) is 1. The summed E-state index contributed by atoms with van der Waals surface area (Å²) >= 11 is 0. The highest BCUT2D eigenvalue weighted by atomic mass is 16.5. The summed E-state index contributed by atoms with van der Waals surface area (Å²) in [5, 5.41) is 8.62. The molecule has 2 heteroatoms. The Morgan fingerprint density at radius 1 is 1.12 bits per heavy atom. The van der Waals surface area contributed by atoms with Gasteiger partial charge in [-0.3, -0.25) is 0 Å². The van der Waals surface area contributed by atoms with E-state index in [1.54, 1.807) is 0 Å². The Hall–Kier alpha value is -1.02. The molecule has 1 N–H and O–H groups in total. The van der Waals surface area contributed by atoms with Crippen LogP contribution >= 0.6 is 0 Å². The van der Waals surface area contributed by atoms with Crippen LogP contribution in [0.15, 0.2) is 24.3 Å². The highest BCUT2D eigenvalue weighted by Crippen LogP contribution is 2.27. The fraction of sp³-hybridized carbons (Fsp3) is 0.600. The third-order valence-electron chi connectivity index (χ3n) is 2.88. The van der Waals surface area contributed by atoms with Crippen LogP contribution in [0.3, 0.4) is 0 Å². The zero-order valence-corrected chi connectivity index (χ0v) is 11.8. The minimum atomic E-state index is 0.0577. The van der Waals surface area contributed by atoms with Crippen LogP contribution in [0, 0.1) is 0 Å². The van der Waals surface area contributed by atoms with Crippen LogP contribution in [0.4, 0.5) is 0 Å². The molecule has 0 aromatic heterocycles. The van der Waals surface area contributed by atoms with Crippen molar-refractivity contribution in [1.29, 1.82) is 0 Å². The minimum absolute atomic E-state index is 0.0577. The lowest BCUT2D eigenvalue weighted by Crippen LogP contribution is -2.15. The van der Waals surface area contributed by atoms with E-state index in [0.29, 0.717) is 6.61 Å². The zero-order valence-electron chi connectivity index (χ0n) is 11.8. The standard InChI is InChI=1S/C13H20O2.C2H6/c1-4-13(2,3)11-5-7-12(8-6-11)15-10-9-14;1-2/h5-8,14H,4,9-10H2,1-3H3;1-2H3. The molecule has 0 radical (unpaired) electrons. The predicted octanol–water partition coefficient (Wildman–Crippen LogP) is 3.77. The maximum Gasteiger partial charge on any atom is 0.119 e. The molecule has 0 saturated heterocycles. The second-order valence-corrected chi connectivity index (χ2v) is 4.33. The molecule has 0 amide bonds. The first-order valence-electron chi connectivity index (χ1n) is 6.44. The van der Waals surface area contributed by atoms with Crippen LogP contribution in [-0.2, 0) is 5.41 Å². The normalized spacial score (nSPS) is 10.5. The highest BCUT2D eigenvalue weighted by Gasteiger charge is 2.17. The smallest absolute Gasteiger partial charge is 0.119 e. The van der Waals surface area contributed by atoms with Gasteiger partial charge in [0.1, 0.15) is 12.4 Å². The lowest BCUT2D eigenvalue weighted by Gasteiger charge is -2.23. The largest absolute Gasteiger partial charge is 0.491 e. The van der Waals surface area contributed by atoms with E-state index in [9.17, 15) is 0 Å². The van der Waals surface area contributed by atoms with Gasteiger partial charge < -0.3 is 9.84 Å². The van der Waals surface area contributed by atoms with Gasteiger partial charge in [-0.05, 0) is 29.5 Å². The topological polar surface area (TPSA) is 29.5 Å². The SMILES string of the molecule is CC.CCC(C)(C)c1ccc(OCCO)cc1. The van der Waals surface area contributed by atoms with Gasteiger partial charge >= 0.3 is 0 Å². The number of aliphatic hydroxyl groups excluding tert-OH is 1. The molecule has 0 heterocycles. The van der Waals surface area contributed by atoms with Crippen molar-refractivity contribution in [1.82, 2.24) is 0 Å². The molecule has 1 aromatic rings. The third kappa shape index (κ3) is 5.22. The van der Waals surface area contributed by atoms with Crippen molar-refractivity contribution in [3.8, 4) is 5.75 Å². The highest BCUT2D eigenvalue weighted by molar-refractivity contribution is 5.31. The van der Waals surface area contributed by atoms with Crippen LogP contribution < -0.4 is 4.74 Å². The van der Waals surface area contributed by atoms with E-state index in [1.807, 2.05) is 26.0 Å². The van der Waals surface area contributed by atoms with E-state index in [4.69, 9.17) is 9.84 Å². The summed E-state index contributed by atoms with van der Waals surface area (Å²) in [4.78, 5) is 0. The van der Waals surface area contributed by atoms with Crippen LogP contribution in [0.1, 0.15) is 46.6 Å². The number of benzene rings is 1. The van der Waals surface area contributed by atoms with Crippen LogP contribution in [0.25, 0.3) is 0 Å². The van der Waals surface area contributed by atoms with Gasteiger partial charge in [0.2, 0.25) is 0 Å². The number of rotatable bonds is 5. The molecular weight excluding hydrogens is 212 g/mol. The Kier molecular flexibility index (Phi) is 7.64. The first-order valence-corrected chi connectivity index (χ1v) is 6.44. The lowest BCUT2D eigenvalue weighted by molar-refractivity contribution is 0.201. The molecular formula is C15H26O2. The zero-order chi connectivity index (χ0) is 13.3. The fourth-order valence-electron chi connectivity index (χ4n) is 1.37. The summed E-state index contributed by atoms with van der Waals surface area (Å²) in [6.07, 6.45) is 1.11. The monoisotopic (exact) mass is 238 g/mol. The van der Waals surface area contributed by atoms with Gasteiger partial charge in [0, 0.05) is 0 Å². The number of ether oxygens (including phenoxy) is 1. The fourth-order valence-corrected chi connectivity index (χ4v) is 1.37. The first kappa shape index (κ1) is 16.0. The molecule has 1 rings (SSSR count). The Bertz CT molecular complexity index is 288. The first-order chi connectivity index (χ1) is 8.10. The van der Waals surface area contributed by atoms with Crippen LogP contribution in [0.5, 0.6) is 5.75 Å². The van der Waals surface area contributed by atoms with Gasteiger partial charge in [0.25, 0.3) is 0 Å². The van der Waals surface area contributed by atoms with Crippen molar-refractivity contribution in [2.45, 2.75) is 46.5 Å². The summed E-state index contributed by atoms with van der Waals surface area (Å²) in [5.41, 5.74) is 1.54. The summed E-state index contributed by atoms with van der Waals surface area (Å²) in [6.45, 7) is 11.1. The summed E-state index contributed by atoms with van der Waals surface area (Å²) in [5.74, 6) is 0.819. The summed E-state index contributed by atoms with van der Waals surface area (Å²) < 4.78 is 5.31. The second-order valence-electron chi connectivity index (χ2n) is 4.33. The Morgan fingerprint density at radius 3 is 2.06 bits per heavy atom. The van der Waals surface area contributed by atoms with E-state index >= 15 is 0 Å². The number of aliphatic hydroxyl groups is 1. The Labute approximate surface area is 106 Å². The van der Waals surface area contributed by atoms with Gasteiger partial charge in [-0.25, -0.2) is 0 Å². The van der Waals surface area contributed by atoms with E-state index in [0.717, 1.165) is 12.2 Å². The molecule has 0 spiro atoms. The molecule has 17 heavy (non-hydrogen) atoms. The molecule has 0 fully saturated rings. The van der Waals surface area contributed by atoms with Crippen molar-refractivity contribution >= 4 is 0 Å². The maximum absolute atomic E-state index is 8.62. The molecule has 0 aliphatic heterocycles. The average molecular weight is 238 g/mol. The average Bonchev–Trinajstić information content (AvgIpc) is 2.39. The quantitative estimate of drug-likeness (QED) is 0.846. The van der Waals surface area contributed by atoms with Crippen molar-refractivity contribution in [3.05, 3.63) is 29.8 Å². The van der Waals surface area contributed by atoms with E-state index < -0.39 is 0 Å². The second kappa shape index (κ2) is 8.13. The summed E-state index contributed by atoms with van der Waals surface area (Å²) in [6, 6.07) is 8.11. The van der Waals surface area contributed by atoms with Crippen molar-refractivity contribution in [2.75, 3.05) is 13.2 Å². The van der Waals surface area contributed by atoms with Gasteiger partial charge in [0.15, 0.2) is 0 Å². The Morgan fingerprint density at radius 2 is 1.65 bits per heavy atom. The molecule has 0 unspecified atom stereocenters. The predicted molar refractivity (Wildman–Crippen MR) is 73.7 cm³/mol. The van der Waals surface area contributed by atoms with Crippen molar-refractivity contribution < 1.29 is 9.84 Å². The summed E-state index contributed by atoms with van der Waals surface area (Å²) in [7, 11) is 0. The van der Waals surface area contributed by atoms with Crippen LogP contribution in [-0.4, -0.2) is 18.3 Å². The lowest BCUT2D eigenvalue weighted by atomic mass is 9.82. The molecule has 0 bridgehead atoms. The van der Waals surface area contributed by atoms with Gasteiger partial charge in [-0.15, -0.1) is 0 Å². The molecule has 0 atom stereocenters. The Balaban J connectivity index is 0.00000121. The van der Waals surface area contributed by atoms with Crippen molar-refractivity contribution in [2.24, 2.45) is 0 Å². The minimum Gasteiger partial charge on any atom is -0.491 e. The maximum atomic E-state index is 8.62. The molecule has 98 valence electrons. The van der Waals surface area contributed by atoms with Crippen LogP contribution in [0.2, 0.25) is 0 Å². The molecule has 2 nitrogen and oxygen atoms in total. The molecule has 0 aliphatic rings. The third-order valence-corrected chi connectivity index (χ3v) is 2.88. The molecule has 1 aromatic carbocycles. The van der Waals surface area contributed by atoms with Gasteiger partial charge in [0.05, 0.1) is 6.61 Å². The van der Waals surface area contributed by atoms with E-state index in [2.05, 4.69) is 32.9 Å². The van der Waals surface area contributed by atoms with Gasteiger partial charge in [-0.1, -0.05) is 46.8 Å².